The van der Waals surface area contributed by atoms with Gasteiger partial charge in [0.1, 0.15) is 0 Å². The first-order valence-electron chi connectivity index (χ1n) is 9.56. The van der Waals surface area contributed by atoms with E-state index in [0.29, 0.717) is 23.8 Å². The molecule has 0 aromatic heterocycles. The number of hydrogen-bond donors (Lipinski definition) is 2. The Hall–Kier alpha value is -1.10. The number of piperidine rings is 1. The van der Waals surface area contributed by atoms with Crippen LogP contribution in [0.1, 0.15) is 57.8 Å². The highest BCUT2D eigenvalue weighted by molar-refractivity contribution is 5.83. The molecule has 2 aliphatic carbocycles. The van der Waals surface area contributed by atoms with E-state index in [4.69, 9.17) is 0 Å². The fourth-order valence-corrected chi connectivity index (χ4v) is 4.66. The van der Waals surface area contributed by atoms with E-state index in [2.05, 4.69) is 10.6 Å². The molecule has 3 unspecified atom stereocenters. The molecule has 2 aliphatic heterocycles. The molecule has 2 N–H and O–H groups in total. The summed E-state index contributed by atoms with van der Waals surface area (Å²) in [6.07, 6.45) is 10.1. The van der Waals surface area contributed by atoms with E-state index in [1.165, 1.54) is 25.7 Å². The van der Waals surface area contributed by atoms with Crippen molar-refractivity contribution in [2.75, 3.05) is 13.1 Å². The van der Waals surface area contributed by atoms with Gasteiger partial charge in [0.2, 0.25) is 11.8 Å². The summed E-state index contributed by atoms with van der Waals surface area (Å²) in [5.41, 5.74) is 0. The summed E-state index contributed by atoms with van der Waals surface area (Å²) in [5, 5.41) is 6.79. The third kappa shape index (κ3) is 3.39. The first-order chi connectivity index (χ1) is 11.2. The van der Waals surface area contributed by atoms with E-state index in [1.54, 1.807) is 0 Å². The van der Waals surface area contributed by atoms with Crippen molar-refractivity contribution < 1.29 is 9.59 Å². The Morgan fingerprint density at radius 1 is 0.957 bits per heavy atom. The normalized spacial score (nSPS) is 35.0. The van der Waals surface area contributed by atoms with Crippen LogP contribution in [0.5, 0.6) is 0 Å². The highest BCUT2D eigenvalue weighted by Crippen LogP contribution is 2.34. The molecule has 3 atom stereocenters. The van der Waals surface area contributed by atoms with Crippen molar-refractivity contribution in [1.82, 2.24) is 15.5 Å². The number of nitrogens with one attached hydrogen (secondary N) is 2. The number of hydrogen-bond acceptors (Lipinski definition) is 3. The number of amides is 2. The molecule has 5 nitrogen and oxygen atoms in total. The molecule has 0 aromatic carbocycles. The molecule has 2 saturated heterocycles. The van der Waals surface area contributed by atoms with Crippen molar-refractivity contribution in [3.8, 4) is 0 Å². The van der Waals surface area contributed by atoms with Crippen LogP contribution in [0.15, 0.2) is 0 Å². The molecule has 4 fully saturated rings. The van der Waals surface area contributed by atoms with E-state index in [1.807, 2.05) is 4.90 Å². The smallest absolute Gasteiger partial charge is 0.237 e. The zero-order valence-corrected chi connectivity index (χ0v) is 13.9. The lowest BCUT2D eigenvalue weighted by atomic mass is 9.85. The average molecular weight is 319 g/mol. The second kappa shape index (κ2) is 6.42. The molecule has 23 heavy (non-hydrogen) atoms. The summed E-state index contributed by atoms with van der Waals surface area (Å²) >= 11 is 0. The first kappa shape index (κ1) is 15.4. The Balaban J connectivity index is 1.23. The van der Waals surface area contributed by atoms with Crippen molar-refractivity contribution in [2.45, 2.75) is 75.9 Å². The Kier molecular flexibility index (Phi) is 4.31. The number of carbonyl (C=O) groups excluding carboxylic acids is 2. The van der Waals surface area contributed by atoms with Crippen LogP contribution < -0.4 is 10.6 Å². The minimum Gasteiger partial charge on any atom is -0.352 e. The summed E-state index contributed by atoms with van der Waals surface area (Å²) in [7, 11) is 0. The van der Waals surface area contributed by atoms with Crippen molar-refractivity contribution >= 4 is 11.8 Å². The highest BCUT2D eigenvalue weighted by Gasteiger charge is 2.39. The third-order valence-electron chi connectivity index (χ3n) is 6.26. The van der Waals surface area contributed by atoms with Gasteiger partial charge in [-0.25, -0.2) is 0 Å². The van der Waals surface area contributed by atoms with Crippen molar-refractivity contribution in [3.05, 3.63) is 0 Å². The molecule has 4 rings (SSSR count). The number of carbonyl (C=O) groups is 2. The van der Waals surface area contributed by atoms with Crippen LogP contribution in [0.2, 0.25) is 0 Å². The molecule has 0 radical (unpaired) electrons. The summed E-state index contributed by atoms with van der Waals surface area (Å²) in [4.78, 5) is 26.6. The monoisotopic (exact) mass is 319 g/mol. The van der Waals surface area contributed by atoms with Crippen LogP contribution in [-0.2, 0) is 9.59 Å². The van der Waals surface area contributed by atoms with Crippen LogP contribution in [0, 0.1) is 11.8 Å². The molecule has 2 heterocycles. The standard InChI is InChI=1S/C18H29N3O2/c22-17(16-11-13-3-1-2-4-15(13)20-16)19-14-7-9-21(10-8-14)18(23)12-5-6-12/h12-16,20H,1-11H2,(H,19,22). The number of fused-ring (bicyclic) bond motifs is 1. The highest BCUT2D eigenvalue weighted by atomic mass is 16.2. The average Bonchev–Trinajstić information content (AvgIpc) is 3.33. The fourth-order valence-electron chi connectivity index (χ4n) is 4.66. The van der Waals surface area contributed by atoms with Gasteiger partial charge < -0.3 is 15.5 Å². The molecule has 5 heteroatoms. The SMILES string of the molecule is O=C(NC1CCN(C(=O)C2CC2)CC1)C1CC2CCCCC2N1. The zero-order chi connectivity index (χ0) is 15.8. The fraction of sp³-hybridized carbons (Fsp3) is 0.889. The van der Waals surface area contributed by atoms with E-state index in [0.717, 1.165) is 45.2 Å². The molecular formula is C18H29N3O2. The predicted octanol–water partition coefficient (Wildman–Crippen LogP) is 1.42. The lowest BCUT2D eigenvalue weighted by molar-refractivity contribution is -0.133. The largest absolute Gasteiger partial charge is 0.352 e. The molecular weight excluding hydrogens is 290 g/mol. The maximum atomic E-state index is 12.5. The molecule has 128 valence electrons. The predicted molar refractivity (Wildman–Crippen MR) is 87.8 cm³/mol. The van der Waals surface area contributed by atoms with Crippen LogP contribution in [0.3, 0.4) is 0 Å². The van der Waals surface area contributed by atoms with Crippen LogP contribution >= 0.6 is 0 Å². The van der Waals surface area contributed by atoms with Gasteiger partial charge in [0.05, 0.1) is 6.04 Å². The molecule has 4 aliphatic rings. The summed E-state index contributed by atoms with van der Waals surface area (Å²) in [5.74, 6) is 1.55. The van der Waals surface area contributed by atoms with Crippen molar-refractivity contribution in [2.24, 2.45) is 11.8 Å². The summed E-state index contributed by atoms with van der Waals surface area (Å²) in [6, 6.07) is 0.821. The zero-order valence-electron chi connectivity index (χ0n) is 13.9. The Bertz CT molecular complexity index is 455. The maximum Gasteiger partial charge on any atom is 0.237 e. The van der Waals surface area contributed by atoms with Crippen molar-refractivity contribution in [3.63, 3.8) is 0 Å². The van der Waals surface area contributed by atoms with Gasteiger partial charge in [-0.2, -0.15) is 0 Å². The Morgan fingerprint density at radius 2 is 1.70 bits per heavy atom. The van der Waals surface area contributed by atoms with E-state index < -0.39 is 0 Å². The van der Waals surface area contributed by atoms with Gasteiger partial charge >= 0.3 is 0 Å². The van der Waals surface area contributed by atoms with E-state index in [-0.39, 0.29) is 18.0 Å². The maximum absolute atomic E-state index is 12.5. The second-order valence-corrected chi connectivity index (χ2v) is 7.99. The third-order valence-corrected chi connectivity index (χ3v) is 6.26. The van der Waals surface area contributed by atoms with Gasteiger partial charge in [-0.3, -0.25) is 9.59 Å². The Labute approximate surface area is 138 Å². The molecule has 0 spiro atoms. The molecule has 0 aromatic rings. The van der Waals surface area contributed by atoms with E-state index >= 15 is 0 Å². The molecule has 2 saturated carbocycles. The van der Waals surface area contributed by atoms with E-state index in [9.17, 15) is 9.59 Å². The minimum absolute atomic E-state index is 0.00854. The van der Waals surface area contributed by atoms with Gasteiger partial charge in [0, 0.05) is 31.1 Å². The Morgan fingerprint density at radius 3 is 2.39 bits per heavy atom. The molecule has 0 bridgehead atoms. The topological polar surface area (TPSA) is 61.4 Å². The number of rotatable bonds is 3. The summed E-state index contributed by atoms with van der Waals surface area (Å²) in [6.45, 7) is 1.62. The van der Waals surface area contributed by atoms with Crippen LogP contribution in [0.25, 0.3) is 0 Å². The van der Waals surface area contributed by atoms with Gasteiger partial charge in [-0.15, -0.1) is 0 Å². The lowest BCUT2D eigenvalue weighted by Gasteiger charge is -2.33. The van der Waals surface area contributed by atoms with Crippen LogP contribution in [0.4, 0.5) is 0 Å². The second-order valence-electron chi connectivity index (χ2n) is 7.99. The van der Waals surface area contributed by atoms with Crippen LogP contribution in [-0.4, -0.2) is 47.9 Å². The van der Waals surface area contributed by atoms with Crippen molar-refractivity contribution in [1.29, 1.82) is 0 Å². The minimum atomic E-state index is 0.00854. The first-order valence-corrected chi connectivity index (χ1v) is 9.56. The summed E-state index contributed by atoms with van der Waals surface area (Å²) < 4.78 is 0. The molecule has 2 amide bonds. The van der Waals surface area contributed by atoms with Gasteiger partial charge in [-0.05, 0) is 50.9 Å². The van der Waals surface area contributed by atoms with Gasteiger partial charge in [0.25, 0.3) is 0 Å². The quantitative estimate of drug-likeness (QED) is 0.827. The lowest BCUT2D eigenvalue weighted by Crippen LogP contribution is -2.51. The number of nitrogens with zero attached hydrogens (tertiary/aromatic N) is 1. The van der Waals surface area contributed by atoms with Gasteiger partial charge in [0.15, 0.2) is 0 Å². The van der Waals surface area contributed by atoms with Gasteiger partial charge in [-0.1, -0.05) is 12.8 Å². The number of likely N-dealkylation sites (tertiary alicyclic amines) is 1.